The molecule has 0 unspecified atom stereocenters. The lowest BCUT2D eigenvalue weighted by Gasteiger charge is -2.25. The number of hydrogen-bond acceptors (Lipinski definition) is 3. The van der Waals surface area contributed by atoms with Crippen LogP contribution in [0.2, 0.25) is 0 Å². The van der Waals surface area contributed by atoms with Gasteiger partial charge in [-0.05, 0) is 82.9 Å². The molecule has 3 heterocycles. The van der Waals surface area contributed by atoms with Gasteiger partial charge in [-0.3, -0.25) is 4.40 Å². The summed E-state index contributed by atoms with van der Waals surface area (Å²) >= 11 is 1.87. The molecule has 0 spiro atoms. The quantitative estimate of drug-likeness (QED) is 0.171. The molecule has 0 bridgehead atoms. The molecule has 8 aromatic carbocycles. The average molecular weight is 709 g/mol. The van der Waals surface area contributed by atoms with Crippen LogP contribution in [0.15, 0.2) is 199 Å². The Balaban J connectivity index is 1.18. The van der Waals surface area contributed by atoms with E-state index in [-0.39, 0.29) is 0 Å². The molecule has 11 aromatic rings. The van der Waals surface area contributed by atoms with Gasteiger partial charge in [-0.1, -0.05) is 133 Å². The third kappa shape index (κ3) is 4.81. The summed E-state index contributed by atoms with van der Waals surface area (Å²) in [5.41, 5.74) is 14.0. The first-order valence-electron chi connectivity index (χ1n) is 18.3. The van der Waals surface area contributed by atoms with Gasteiger partial charge in [-0.25, -0.2) is 0 Å². The number of fused-ring (bicyclic) bond motifs is 8. The van der Waals surface area contributed by atoms with Gasteiger partial charge in [0.15, 0.2) is 5.58 Å². The highest BCUT2D eigenvalue weighted by molar-refractivity contribution is 7.26. The third-order valence-corrected chi connectivity index (χ3v) is 11.8. The smallest absolute Gasteiger partial charge is 0.213 e. The first-order valence-corrected chi connectivity index (χ1v) is 19.1. The van der Waals surface area contributed by atoms with E-state index in [0.717, 1.165) is 67.2 Å². The molecular weight excluding hydrogens is 677 g/mol. The third-order valence-electron chi connectivity index (χ3n) is 10.6. The zero-order valence-electron chi connectivity index (χ0n) is 29.2. The second kappa shape index (κ2) is 12.4. The maximum absolute atomic E-state index is 7.11. The van der Waals surface area contributed by atoms with Gasteiger partial charge >= 0.3 is 0 Å². The Bertz CT molecular complexity index is 3100. The maximum atomic E-state index is 7.11. The topological polar surface area (TPSA) is 20.8 Å². The zero-order chi connectivity index (χ0) is 35.6. The molecule has 0 amide bonds. The second-order valence-corrected chi connectivity index (χ2v) is 14.8. The molecule has 0 fully saturated rings. The van der Waals surface area contributed by atoms with Gasteiger partial charge in [0.2, 0.25) is 5.71 Å². The lowest BCUT2D eigenvalue weighted by atomic mass is 9.96. The average Bonchev–Trinajstić information content (AvgIpc) is 3.91. The summed E-state index contributed by atoms with van der Waals surface area (Å²) in [5.74, 6) is 0. The van der Waals surface area contributed by atoms with Crippen LogP contribution in [0.4, 0.5) is 17.1 Å². The molecule has 0 N–H and O–H groups in total. The van der Waals surface area contributed by atoms with Gasteiger partial charge in [-0.2, -0.15) is 0 Å². The maximum Gasteiger partial charge on any atom is 0.213 e. The Kier molecular flexibility index (Phi) is 7.04. The van der Waals surface area contributed by atoms with Gasteiger partial charge in [-0.15, -0.1) is 11.3 Å². The Labute approximate surface area is 316 Å². The highest BCUT2D eigenvalue weighted by Gasteiger charge is 2.23. The molecule has 0 atom stereocenters. The highest BCUT2D eigenvalue weighted by Crippen LogP contribution is 2.46. The van der Waals surface area contributed by atoms with Crippen molar-refractivity contribution in [3.05, 3.63) is 194 Å². The Morgan fingerprint density at radius 1 is 0.426 bits per heavy atom. The molecule has 0 aliphatic heterocycles. The Hall–Kier alpha value is -6.88. The summed E-state index contributed by atoms with van der Waals surface area (Å²) in [4.78, 5) is 2.30. The summed E-state index contributed by atoms with van der Waals surface area (Å²) in [6.45, 7) is 0. The summed E-state index contributed by atoms with van der Waals surface area (Å²) in [6.07, 6.45) is 0. The van der Waals surface area contributed by atoms with E-state index in [0.29, 0.717) is 0 Å². The van der Waals surface area contributed by atoms with Gasteiger partial charge < -0.3 is 9.32 Å². The van der Waals surface area contributed by atoms with E-state index in [4.69, 9.17) is 4.42 Å². The summed E-state index contributed by atoms with van der Waals surface area (Å²) < 4.78 is 12.0. The molecule has 0 saturated carbocycles. The first kappa shape index (κ1) is 30.7. The van der Waals surface area contributed by atoms with Gasteiger partial charge in [0.1, 0.15) is 0 Å². The van der Waals surface area contributed by atoms with Crippen LogP contribution < -0.4 is 4.90 Å². The van der Waals surface area contributed by atoms with E-state index in [2.05, 4.69) is 203 Å². The minimum atomic E-state index is 0.854. The molecule has 3 aromatic heterocycles. The SMILES string of the molecule is c1ccc(-c2c3ccccc3n3c2oc2c(-c4ccc(N(c5ccccc5)c5ccccc5)cc4)cc(-c4cccc5c4sc4ccccc45)cc23)cc1. The van der Waals surface area contributed by atoms with E-state index in [1.165, 1.54) is 31.1 Å². The molecule has 0 aliphatic carbocycles. The number of hydrogen-bond donors (Lipinski definition) is 0. The number of benzene rings is 8. The number of para-hydroxylation sites is 3. The summed E-state index contributed by atoms with van der Waals surface area (Å²) in [5, 5.41) is 3.76. The van der Waals surface area contributed by atoms with Crippen molar-refractivity contribution in [2.45, 2.75) is 0 Å². The fraction of sp³-hybridized carbons (Fsp3) is 0. The lowest BCUT2D eigenvalue weighted by molar-refractivity contribution is 0.659. The van der Waals surface area contributed by atoms with Gasteiger partial charge in [0, 0.05) is 48.2 Å². The number of rotatable bonds is 6. The van der Waals surface area contributed by atoms with Crippen molar-refractivity contribution in [2.75, 3.05) is 4.90 Å². The van der Waals surface area contributed by atoms with Crippen molar-refractivity contribution < 1.29 is 4.42 Å². The number of thiophene rings is 1. The predicted molar refractivity (Wildman–Crippen MR) is 229 cm³/mol. The van der Waals surface area contributed by atoms with Crippen molar-refractivity contribution in [2.24, 2.45) is 0 Å². The Morgan fingerprint density at radius 3 is 1.78 bits per heavy atom. The van der Waals surface area contributed by atoms with E-state index in [1.54, 1.807) is 0 Å². The van der Waals surface area contributed by atoms with Crippen LogP contribution in [0.3, 0.4) is 0 Å². The van der Waals surface area contributed by atoms with Crippen LogP contribution in [0.5, 0.6) is 0 Å². The number of aromatic nitrogens is 1. The minimum absolute atomic E-state index is 0.854. The molecule has 11 rings (SSSR count). The van der Waals surface area contributed by atoms with E-state index >= 15 is 0 Å². The Morgan fingerprint density at radius 2 is 1.04 bits per heavy atom. The molecule has 54 heavy (non-hydrogen) atoms. The molecule has 0 radical (unpaired) electrons. The van der Waals surface area contributed by atoms with Crippen LogP contribution in [0.1, 0.15) is 0 Å². The number of nitrogens with zero attached hydrogens (tertiary/aromatic N) is 2. The molecule has 0 saturated heterocycles. The summed E-state index contributed by atoms with van der Waals surface area (Å²) in [6, 6.07) is 69.4. The first-order chi connectivity index (χ1) is 26.8. The number of anilines is 3. The zero-order valence-corrected chi connectivity index (χ0v) is 30.0. The van der Waals surface area contributed by atoms with Gasteiger partial charge in [0.25, 0.3) is 0 Å². The largest absolute Gasteiger partial charge is 0.437 e. The molecule has 0 aliphatic rings. The summed E-state index contributed by atoms with van der Waals surface area (Å²) in [7, 11) is 0. The number of oxazole rings is 1. The molecule has 4 heteroatoms. The fourth-order valence-electron chi connectivity index (χ4n) is 8.16. The van der Waals surface area contributed by atoms with Crippen molar-refractivity contribution >= 4 is 76.3 Å². The second-order valence-electron chi connectivity index (χ2n) is 13.7. The predicted octanol–water partition coefficient (Wildman–Crippen LogP) is 14.7. The van der Waals surface area contributed by atoms with Crippen molar-refractivity contribution in [3.63, 3.8) is 0 Å². The van der Waals surface area contributed by atoms with Crippen LogP contribution in [-0.2, 0) is 0 Å². The highest BCUT2D eigenvalue weighted by atomic mass is 32.1. The van der Waals surface area contributed by atoms with E-state index in [9.17, 15) is 0 Å². The van der Waals surface area contributed by atoms with Crippen LogP contribution >= 0.6 is 11.3 Å². The molecule has 254 valence electrons. The normalized spacial score (nSPS) is 11.7. The fourth-order valence-corrected chi connectivity index (χ4v) is 9.39. The van der Waals surface area contributed by atoms with Crippen molar-refractivity contribution in [1.82, 2.24) is 4.40 Å². The van der Waals surface area contributed by atoms with Crippen LogP contribution in [-0.4, -0.2) is 4.40 Å². The van der Waals surface area contributed by atoms with Crippen molar-refractivity contribution in [3.8, 4) is 33.4 Å². The van der Waals surface area contributed by atoms with E-state index in [1.807, 2.05) is 11.3 Å². The van der Waals surface area contributed by atoms with Crippen molar-refractivity contribution in [1.29, 1.82) is 0 Å². The lowest BCUT2D eigenvalue weighted by Crippen LogP contribution is -2.09. The monoisotopic (exact) mass is 708 g/mol. The van der Waals surface area contributed by atoms with Gasteiger partial charge in [0.05, 0.1) is 16.6 Å². The standard InChI is InChI=1S/C50H32N2OS/c1-4-15-34(16-5-1)47-42-22-10-12-25-44(42)52-45-32-35(39-23-14-24-41-40-21-11-13-26-46(40)54-49(39)41)31-43(48(45)53-50(47)52)33-27-29-38(30-28-33)51(36-17-6-2-7-18-36)37-19-8-3-9-20-37/h1-32H. The van der Waals surface area contributed by atoms with Crippen LogP contribution in [0, 0.1) is 0 Å². The molecule has 3 nitrogen and oxygen atoms in total. The van der Waals surface area contributed by atoms with Crippen LogP contribution in [0.25, 0.3) is 81.3 Å². The minimum Gasteiger partial charge on any atom is -0.437 e. The van der Waals surface area contributed by atoms with E-state index < -0.39 is 0 Å². The molecular formula is C50H32N2OS.